The van der Waals surface area contributed by atoms with Crippen molar-refractivity contribution in [3.8, 4) is 23.0 Å². The Morgan fingerprint density at radius 3 is 2.40 bits per heavy atom. The van der Waals surface area contributed by atoms with Crippen LogP contribution in [0.3, 0.4) is 0 Å². The summed E-state index contributed by atoms with van der Waals surface area (Å²) in [5.41, 5.74) is 2.96. The van der Waals surface area contributed by atoms with Gasteiger partial charge in [-0.05, 0) is 64.4 Å². The molecule has 0 saturated carbocycles. The van der Waals surface area contributed by atoms with Gasteiger partial charge in [0.15, 0.2) is 5.65 Å². The predicted octanol–water partition coefficient (Wildman–Crippen LogP) is 6.52. The van der Waals surface area contributed by atoms with Gasteiger partial charge in [0.1, 0.15) is 23.8 Å². The van der Waals surface area contributed by atoms with E-state index in [-0.39, 0.29) is 12.2 Å². The first kappa shape index (κ1) is 30.6. The monoisotopic (exact) mass is 605 g/mol. The van der Waals surface area contributed by atoms with E-state index in [0.29, 0.717) is 48.5 Å². The number of piperazine rings is 1. The molecule has 0 aliphatic carbocycles. The Bertz CT molecular complexity index is 1540. The number of ether oxygens (including phenoxy) is 3. The molecule has 0 spiro atoms. The molecule has 1 amide bonds. The quantitative estimate of drug-likeness (QED) is 0.215. The number of carbonyl (C=O) groups excluding carboxylic acids is 1. The van der Waals surface area contributed by atoms with Crippen molar-refractivity contribution in [2.75, 3.05) is 39.3 Å². The second-order valence-electron chi connectivity index (χ2n) is 12.0. The number of hydrogen-bond donors (Lipinski definition) is 0. The Morgan fingerprint density at radius 2 is 1.72 bits per heavy atom. The maximum Gasteiger partial charge on any atom is 0.410 e. The first-order chi connectivity index (χ1) is 20.6. The third kappa shape index (κ3) is 7.97. The van der Waals surface area contributed by atoms with Gasteiger partial charge in [-0.25, -0.2) is 9.78 Å². The summed E-state index contributed by atoms with van der Waals surface area (Å²) in [6.45, 7) is 14.3. The number of hydrogen-bond acceptors (Lipinski definition) is 7. The number of rotatable bonds is 9. The number of imidazole rings is 1. The van der Waals surface area contributed by atoms with Gasteiger partial charge in [0.05, 0.1) is 16.6 Å². The molecule has 2 aromatic carbocycles. The molecular weight excluding hydrogens is 566 g/mol. The van der Waals surface area contributed by atoms with Gasteiger partial charge in [0, 0.05) is 50.9 Å². The molecule has 1 fully saturated rings. The molecule has 43 heavy (non-hydrogen) atoms. The highest BCUT2D eigenvalue weighted by atomic mass is 35.5. The molecule has 10 heteroatoms. The average molecular weight is 606 g/mol. The van der Waals surface area contributed by atoms with E-state index in [9.17, 15) is 4.79 Å². The maximum atomic E-state index is 12.3. The Balaban J connectivity index is 1.26. The molecule has 5 rings (SSSR count). The predicted molar refractivity (Wildman–Crippen MR) is 169 cm³/mol. The Hall–Kier alpha value is -3.82. The third-order valence-corrected chi connectivity index (χ3v) is 7.32. The summed E-state index contributed by atoms with van der Waals surface area (Å²) >= 11 is 6.85. The van der Waals surface area contributed by atoms with Crippen LogP contribution in [-0.4, -0.2) is 81.5 Å². The fourth-order valence-electron chi connectivity index (χ4n) is 4.97. The van der Waals surface area contributed by atoms with Gasteiger partial charge < -0.3 is 23.7 Å². The normalized spacial score (nSPS) is 14.3. The number of benzene rings is 2. The van der Waals surface area contributed by atoms with Gasteiger partial charge in [-0.2, -0.15) is 4.98 Å². The van der Waals surface area contributed by atoms with E-state index in [1.54, 1.807) is 4.90 Å². The minimum absolute atomic E-state index is 0.0136. The van der Waals surface area contributed by atoms with E-state index in [0.717, 1.165) is 42.1 Å². The van der Waals surface area contributed by atoms with Crippen LogP contribution < -0.4 is 9.47 Å². The summed E-state index contributed by atoms with van der Waals surface area (Å²) in [4.78, 5) is 26.0. The molecule has 0 unspecified atom stereocenters. The van der Waals surface area contributed by atoms with E-state index >= 15 is 0 Å². The Labute approximate surface area is 258 Å². The third-order valence-electron chi connectivity index (χ3n) is 7.01. The Kier molecular flexibility index (Phi) is 9.42. The van der Waals surface area contributed by atoms with Crippen molar-refractivity contribution in [1.29, 1.82) is 0 Å². The van der Waals surface area contributed by atoms with Crippen molar-refractivity contribution in [2.24, 2.45) is 0 Å². The van der Waals surface area contributed by atoms with Crippen LogP contribution in [0.2, 0.25) is 5.02 Å². The molecule has 4 aromatic rings. The van der Waals surface area contributed by atoms with Crippen molar-refractivity contribution in [3.05, 3.63) is 71.2 Å². The minimum Gasteiger partial charge on any atom is -0.492 e. The van der Waals surface area contributed by atoms with Crippen LogP contribution in [0, 0.1) is 0 Å². The van der Waals surface area contributed by atoms with Crippen molar-refractivity contribution in [3.63, 3.8) is 0 Å². The van der Waals surface area contributed by atoms with E-state index < -0.39 is 5.60 Å². The van der Waals surface area contributed by atoms with Crippen LogP contribution in [0.5, 0.6) is 11.6 Å². The number of pyridine rings is 1. The second kappa shape index (κ2) is 13.2. The fourth-order valence-corrected chi connectivity index (χ4v) is 5.23. The molecule has 228 valence electrons. The molecule has 3 heterocycles. The van der Waals surface area contributed by atoms with E-state index in [1.165, 1.54) is 0 Å². The number of nitrogens with zero attached hydrogens (tertiary/aromatic N) is 5. The molecular formula is C33H40ClN5O4. The molecule has 1 saturated heterocycles. The number of amides is 1. The lowest BCUT2D eigenvalue weighted by Gasteiger charge is -2.35. The van der Waals surface area contributed by atoms with Gasteiger partial charge in [0.2, 0.25) is 5.88 Å². The van der Waals surface area contributed by atoms with Crippen LogP contribution in [0.4, 0.5) is 4.79 Å². The zero-order valence-corrected chi connectivity index (χ0v) is 26.3. The zero-order chi connectivity index (χ0) is 30.6. The van der Waals surface area contributed by atoms with Gasteiger partial charge >= 0.3 is 6.09 Å². The zero-order valence-electron chi connectivity index (χ0n) is 25.5. The molecule has 0 radical (unpaired) electrons. The van der Waals surface area contributed by atoms with Crippen LogP contribution >= 0.6 is 11.6 Å². The molecule has 0 N–H and O–H groups in total. The summed E-state index contributed by atoms with van der Waals surface area (Å²) in [5.74, 6) is 1.96. The van der Waals surface area contributed by atoms with Crippen LogP contribution in [0.1, 0.15) is 40.2 Å². The van der Waals surface area contributed by atoms with Gasteiger partial charge in [-0.15, -0.1) is 0 Å². The highest BCUT2D eigenvalue weighted by molar-refractivity contribution is 6.33. The molecule has 0 atom stereocenters. The molecule has 2 aromatic heterocycles. The lowest BCUT2D eigenvalue weighted by Crippen LogP contribution is -2.50. The standard InChI is InChI=1S/C33H40ClN5O4/c1-23(2)42-29-14-13-28-30(35-29)36-31(39(28)22-24-9-7-6-8-10-24)26-12-11-25(21-27(26)34)41-20-19-37-15-17-38(18-16-37)32(40)43-33(3,4)5/h6-14,21,23H,15-20,22H2,1-5H3. The molecule has 1 aliphatic heterocycles. The highest BCUT2D eigenvalue weighted by Gasteiger charge is 2.26. The SMILES string of the molecule is CC(C)Oc1ccc2c(n1)nc(-c1ccc(OCCN3CCN(C(=O)OC(C)(C)C)CC3)cc1Cl)n2Cc1ccccc1. The van der Waals surface area contributed by atoms with E-state index in [4.69, 9.17) is 30.8 Å². The number of fused-ring (bicyclic) bond motifs is 1. The number of halogens is 1. The largest absolute Gasteiger partial charge is 0.492 e. The van der Waals surface area contributed by atoms with Gasteiger partial charge in [0.25, 0.3) is 0 Å². The summed E-state index contributed by atoms with van der Waals surface area (Å²) in [6, 6.07) is 19.8. The molecule has 0 bridgehead atoms. The topological polar surface area (TPSA) is 82.0 Å². The maximum absolute atomic E-state index is 12.3. The minimum atomic E-state index is -0.490. The van der Waals surface area contributed by atoms with E-state index in [2.05, 4.69) is 26.6 Å². The lowest BCUT2D eigenvalue weighted by atomic mass is 10.2. The second-order valence-corrected chi connectivity index (χ2v) is 12.4. The summed E-state index contributed by atoms with van der Waals surface area (Å²) in [6.07, 6.45) is -0.241. The van der Waals surface area contributed by atoms with E-state index in [1.807, 2.05) is 83.1 Å². The van der Waals surface area contributed by atoms with Crippen molar-refractivity contribution >= 4 is 28.9 Å². The summed E-state index contributed by atoms with van der Waals surface area (Å²) in [5, 5.41) is 0.548. The Morgan fingerprint density at radius 1 is 0.977 bits per heavy atom. The first-order valence-corrected chi connectivity index (χ1v) is 15.1. The van der Waals surface area contributed by atoms with Crippen LogP contribution in [-0.2, 0) is 11.3 Å². The molecule has 9 nitrogen and oxygen atoms in total. The lowest BCUT2D eigenvalue weighted by molar-refractivity contribution is 0.0137. The highest BCUT2D eigenvalue weighted by Crippen LogP contribution is 2.34. The smallest absolute Gasteiger partial charge is 0.410 e. The van der Waals surface area contributed by atoms with Gasteiger partial charge in [-0.1, -0.05) is 41.9 Å². The van der Waals surface area contributed by atoms with Crippen molar-refractivity contribution < 1.29 is 19.0 Å². The number of aromatic nitrogens is 3. The summed E-state index contributed by atoms with van der Waals surface area (Å²) in [7, 11) is 0. The first-order valence-electron chi connectivity index (χ1n) is 14.8. The van der Waals surface area contributed by atoms with Gasteiger partial charge in [-0.3, -0.25) is 4.90 Å². The van der Waals surface area contributed by atoms with Crippen LogP contribution in [0.15, 0.2) is 60.7 Å². The average Bonchev–Trinajstić information content (AvgIpc) is 3.29. The fraction of sp³-hybridized carbons (Fsp3) is 0.424. The van der Waals surface area contributed by atoms with Crippen molar-refractivity contribution in [1.82, 2.24) is 24.3 Å². The summed E-state index contributed by atoms with van der Waals surface area (Å²) < 4.78 is 19.5. The van der Waals surface area contributed by atoms with Crippen LogP contribution in [0.25, 0.3) is 22.6 Å². The van der Waals surface area contributed by atoms with Crippen molar-refractivity contribution in [2.45, 2.75) is 52.9 Å². The number of carbonyl (C=O) groups is 1. The molecule has 1 aliphatic rings.